The van der Waals surface area contributed by atoms with Gasteiger partial charge in [0, 0.05) is 5.69 Å². The quantitative estimate of drug-likeness (QED) is 0.277. The highest BCUT2D eigenvalue weighted by Crippen LogP contribution is 2.46. The van der Waals surface area contributed by atoms with Gasteiger partial charge in [-0.1, -0.05) is 45.0 Å². The van der Waals surface area contributed by atoms with E-state index in [1.807, 2.05) is 25.6 Å². The van der Waals surface area contributed by atoms with Gasteiger partial charge in [-0.3, -0.25) is 4.79 Å². The summed E-state index contributed by atoms with van der Waals surface area (Å²) in [5.74, 6) is -15.6. The van der Waals surface area contributed by atoms with Crippen LogP contribution in [0.15, 0.2) is 58.5 Å². The number of benzene rings is 2. The molecular weight excluding hydrogens is 519 g/mol. The van der Waals surface area contributed by atoms with E-state index in [-0.39, 0.29) is 21.6 Å². The summed E-state index contributed by atoms with van der Waals surface area (Å²) < 4.78 is 115. The SMILES string of the molecule is C/C(=N/NS(=O)(=O)c1ccc(C(C)(C)C)cc1)c1cccc(NC(=O)C(F)(F)C(F)(F)C(F)(F)F)c1. The average Bonchev–Trinajstić information content (AvgIpc) is 2.76. The van der Waals surface area contributed by atoms with Crippen LogP contribution >= 0.6 is 0 Å². The van der Waals surface area contributed by atoms with Gasteiger partial charge in [-0.25, -0.2) is 0 Å². The van der Waals surface area contributed by atoms with Gasteiger partial charge in [-0.2, -0.15) is 49.1 Å². The molecule has 0 saturated carbocycles. The minimum Gasteiger partial charge on any atom is -0.321 e. The molecule has 0 saturated heterocycles. The molecule has 0 atom stereocenters. The van der Waals surface area contributed by atoms with Crippen molar-refractivity contribution in [1.82, 2.24) is 4.83 Å². The lowest BCUT2D eigenvalue weighted by Gasteiger charge is -2.27. The standard InChI is InChI=1S/C22H22F7N3O3S/c1-13(31-32-36(34,35)17-10-8-15(9-11-17)19(2,3)4)14-6-5-7-16(12-14)30-18(33)20(23,24)21(25,26)22(27,28)29/h5-12,32H,1-4H3,(H,30,33)/b31-13-. The van der Waals surface area contributed by atoms with Gasteiger partial charge in [-0.05, 0) is 47.7 Å². The Hall–Kier alpha value is -3.16. The molecule has 0 unspecified atom stereocenters. The van der Waals surface area contributed by atoms with Crippen molar-refractivity contribution in [3.05, 3.63) is 59.7 Å². The number of rotatable bonds is 7. The number of halogens is 7. The topological polar surface area (TPSA) is 87.6 Å². The number of carbonyl (C=O) groups is 1. The first-order valence-electron chi connectivity index (χ1n) is 10.1. The molecule has 0 fully saturated rings. The molecule has 2 aromatic carbocycles. The largest absolute Gasteiger partial charge is 0.460 e. The lowest BCUT2D eigenvalue weighted by atomic mass is 9.87. The van der Waals surface area contributed by atoms with Crippen LogP contribution in [-0.4, -0.2) is 38.1 Å². The Kier molecular flexibility index (Phi) is 7.84. The lowest BCUT2D eigenvalue weighted by Crippen LogP contribution is -2.57. The summed E-state index contributed by atoms with van der Waals surface area (Å²) in [5, 5.41) is 5.01. The number of hydrazone groups is 1. The summed E-state index contributed by atoms with van der Waals surface area (Å²) in [4.78, 5) is 13.4. The molecule has 36 heavy (non-hydrogen) atoms. The molecule has 0 bridgehead atoms. The van der Waals surface area contributed by atoms with Gasteiger partial charge < -0.3 is 5.32 Å². The molecule has 0 aromatic heterocycles. The minimum atomic E-state index is -6.66. The number of alkyl halides is 7. The van der Waals surface area contributed by atoms with Crippen molar-refractivity contribution in [3.63, 3.8) is 0 Å². The van der Waals surface area contributed by atoms with Crippen molar-refractivity contribution in [3.8, 4) is 0 Å². The van der Waals surface area contributed by atoms with Crippen LogP contribution in [0.3, 0.4) is 0 Å². The molecule has 6 nitrogen and oxygen atoms in total. The second-order valence-electron chi connectivity index (χ2n) is 8.75. The van der Waals surface area contributed by atoms with Crippen LogP contribution in [0.5, 0.6) is 0 Å². The smallest absolute Gasteiger partial charge is 0.321 e. The number of nitrogens with one attached hydrogen (secondary N) is 2. The Balaban J connectivity index is 2.21. The van der Waals surface area contributed by atoms with Gasteiger partial charge in [0.25, 0.3) is 10.0 Å². The van der Waals surface area contributed by atoms with Crippen LogP contribution < -0.4 is 10.1 Å². The first-order chi connectivity index (χ1) is 16.2. The Morgan fingerprint density at radius 1 is 0.889 bits per heavy atom. The molecule has 2 N–H and O–H groups in total. The molecular formula is C22H22F7N3O3S. The third kappa shape index (κ3) is 6.15. The van der Waals surface area contributed by atoms with Crippen molar-refractivity contribution < 1.29 is 43.9 Å². The minimum absolute atomic E-state index is 0.0339. The van der Waals surface area contributed by atoms with Crippen LogP contribution in [0.2, 0.25) is 0 Å². The number of hydrogen-bond acceptors (Lipinski definition) is 4. The summed E-state index contributed by atoms with van der Waals surface area (Å²) in [6.07, 6.45) is -6.66. The molecule has 198 valence electrons. The summed E-state index contributed by atoms with van der Waals surface area (Å²) in [6.45, 7) is 7.14. The maximum Gasteiger partial charge on any atom is 0.460 e. The fourth-order valence-corrected chi connectivity index (χ4v) is 3.59. The van der Waals surface area contributed by atoms with Crippen molar-refractivity contribution in [1.29, 1.82) is 0 Å². The molecule has 0 aliphatic rings. The molecule has 2 aromatic rings. The van der Waals surface area contributed by atoms with Gasteiger partial charge in [0.15, 0.2) is 0 Å². The molecule has 1 amide bonds. The van der Waals surface area contributed by atoms with Gasteiger partial charge in [-0.15, -0.1) is 0 Å². The normalized spacial score (nSPS) is 13.9. The van der Waals surface area contributed by atoms with Crippen LogP contribution in [0.4, 0.5) is 36.4 Å². The van der Waals surface area contributed by atoms with Gasteiger partial charge >= 0.3 is 23.9 Å². The van der Waals surface area contributed by atoms with Crippen molar-refractivity contribution >= 4 is 27.3 Å². The maximum absolute atomic E-state index is 13.6. The molecule has 2 rings (SSSR count). The fraction of sp³-hybridized carbons (Fsp3) is 0.364. The Morgan fingerprint density at radius 3 is 1.94 bits per heavy atom. The monoisotopic (exact) mass is 541 g/mol. The Bertz CT molecular complexity index is 1250. The lowest BCUT2D eigenvalue weighted by molar-refractivity contribution is -0.343. The van der Waals surface area contributed by atoms with Crippen LogP contribution in [0.1, 0.15) is 38.8 Å². The van der Waals surface area contributed by atoms with E-state index in [2.05, 4.69) is 5.10 Å². The molecule has 0 heterocycles. The highest BCUT2D eigenvalue weighted by atomic mass is 32.2. The van der Waals surface area contributed by atoms with Crippen molar-refractivity contribution in [2.45, 2.75) is 56.0 Å². The molecule has 0 aliphatic heterocycles. The molecule has 14 heteroatoms. The first-order valence-corrected chi connectivity index (χ1v) is 11.6. The number of anilines is 1. The third-order valence-electron chi connectivity index (χ3n) is 4.94. The fourth-order valence-electron chi connectivity index (χ4n) is 2.73. The van der Waals surface area contributed by atoms with Crippen molar-refractivity contribution in [2.24, 2.45) is 5.10 Å². The second-order valence-corrected chi connectivity index (χ2v) is 10.4. The van der Waals surface area contributed by atoms with Crippen molar-refractivity contribution in [2.75, 3.05) is 5.32 Å². The second kappa shape index (κ2) is 9.71. The summed E-state index contributed by atoms with van der Waals surface area (Å²) in [6, 6.07) is 10.4. The zero-order valence-corrected chi connectivity index (χ0v) is 20.2. The van der Waals surface area contributed by atoms with Gasteiger partial charge in [0.1, 0.15) is 0 Å². The van der Waals surface area contributed by atoms with E-state index < -0.39 is 39.6 Å². The molecule has 0 radical (unpaired) electrons. The summed E-state index contributed by atoms with van der Waals surface area (Å²) >= 11 is 0. The van der Waals surface area contributed by atoms with E-state index in [4.69, 9.17) is 0 Å². The number of hydrogen-bond donors (Lipinski definition) is 2. The van der Waals surface area contributed by atoms with E-state index in [1.165, 1.54) is 30.4 Å². The van der Waals surface area contributed by atoms with Gasteiger partial charge in [0.05, 0.1) is 10.6 Å². The predicted molar refractivity (Wildman–Crippen MR) is 119 cm³/mol. The third-order valence-corrected chi connectivity index (χ3v) is 6.16. The van der Waals surface area contributed by atoms with Crippen LogP contribution in [-0.2, 0) is 20.2 Å². The highest BCUT2D eigenvalue weighted by molar-refractivity contribution is 7.89. The Morgan fingerprint density at radius 2 is 1.44 bits per heavy atom. The van der Waals surface area contributed by atoms with Gasteiger partial charge in [0.2, 0.25) is 0 Å². The van der Waals surface area contributed by atoms with E-state index in [0.717, 1.165) is 23.8 Å². The number of sulfonamides is 1. The number of amides is 1. The van der Waals surface area contributed by atoms with E-state index in [9.17, 15) is 43.9 Å². The summed E-state index contributed by atoms with van der Waals surface area (Å²) in [7, 11) is -4.10. The zero-order valence-electron chi connectivity index (χ0n) is 19.3. The average molecular weight is 541 g/mol. The van der Waals surface area contributed by atoms with E-state index >= 15 is 0 Å². The first kappa shape index (κ1) is 29.1. The Labute approximate surface area is 202 Å². The number of nitrogens with zero attached hydrogens (tertiary/aromatic N) is 1. The number of carbonyl (C=O) groups excluding carboxylic acids is 1. The maximum atomic E-state index is 13.6. The summed E-state index contributed by atoms with van der Waals surface area (Å²) in [5.41, 5.74) is 0.138. The van der Waals surface area contributed by atoms with Crippen LogP contribution in [0.25, 0.3) is 0 Å². The highest BCUT2D eigenvalue weighted by Gasteiger charge is 2.76. The van der Waals surface area contributed by atoms with E-state index in [0.29, 0.717) is 0 Å². The van der Waals surface area contributed by atoms with E-state index in [1.54, 1.807) is 12.1 Å². The van der Waals surface area contributed by atoms with Crippen LogP contribution in [0, 0.1) is 0 Å². The molecule has 0 aliphatic carbocycles. The molecule has 0 spiro atoms. The predicted octanol–water partition coefficient (Wildman–Crippen LogP) is 5.46. The zero-order chi connectivity index (χ0) is 27.7.